The van der Waals surface area contributed by atoms with Crippen LogP contribution in [-0.2, 0) is 26.2 Å². The molecule has 0 aromatic heterocycles. The van der Waals surface area contributed by atoms with Gasteiger partial charge in [0.05, 0.1) is 17.0 Å². The van der Waals surface area contributed by atoms with Crippen LogP contribution in [0, 0.1) is 6.92 Å². The van der Waals surface area contributed by atoms with Gasteiger partial charge in [0.25, 0.3) is 0 Å². The lowest BCUT2D eigenvalue weighted by atomic mass is 9.95. The summed E-state index contributed by atoms with van der Waals surface area (Å²) < 4.78 is 26.3. The lowest BCUT2D eigenvalue weighted by molar-refractivity contribution is -0.139. The largest absolute Gasteiger partial charge is 0.352 e. The van der Waals surface area contributed by atoms with E-state index in [4.69, 9.17) is 23.2 Å². The highest BCUT2D eigenvalue weighted by molar-refractivity contribution is 7.92. The number of hydrogen-bond donors (Lipinski definition) is 1. The average Bonchev–Trinajstić information content (AvgIpc) is 2.81. The molecule has 1 N–H and O–H groups in total. The van der Waals surface area contributed by atoms with Gasteiger partial charge in [0.1, 0.15) is 12.6 Å². The van der Waals surface area contributed by atoms with E-state index in [1.165, 1.54) is 23.1 Å². The zero-order valence-corrected chi connectivity index (χ0v) is 23.2. The second kappa shape index (κ2) is 12.3. The Bertz CT molecular complexity index is 1200. The first-order valence-corrected chi connectivity index (χ1v) is 14.6. The summed E-state index contributed by atoms with van der Waals surface area (Å²) in [4.78, 5) is 28.3. The van der Waals surface area contributed by atoms with Crippen LogP contribution < -0.4 is 9.62 Å². The molecule has 2 aromatic rings. The number of carbonyl (C=O) groups excluding carboxylic acids is 2. The predicted molar refractivity (Wildman–Crippen MR) is 145 cm³/mol. The molecule has 2 aromatic carbocycles. The Morgan fingerprint density at radius 1 is 1.08 bits per heavy atom. The fourth-order valence-corrected chi connectivity index (χ4v) is 5.86. The molecule has 0 radical (unpaired) electrons. The first-order chi connectivity index (χ1) is 17.0. The third kappa shape index (κ3) is 7.60. The zero-order chi connectivity index (χ0) is 26.5. The average molecular weight is 555 g/mol. The Balaban J connectivity index is 1.89. The molecule has 0 unspecified atom stereocenters. The summed E-state index contributed by atoms with van der Waals surface area (Å²) in [5.74, 6) is -0.766. The number of hydrogen-bond acceptors (Lipinski definition) is 4. The summed E-state index contributed by atoms with van der Waals surface area (Å²) in [7, 11) is -3.87. The van der Waals surface area contributed by atoms with Crippen LogP contribution in [0.2, 0.25) is 10.0 Å². The molecule has 1 fully saturated rings. The van der Waals surface area contributed by atoms with Crippen molar-refractivity contribution in [2.45, 2.75) is 64.6 Å². The van der Waals surface area contributed by atoms with Crippen LogP contribution in [0.4, 0.5) is 5.69 Å². The number of amides is 2. The molecule has 0 spiro atoms. The van der Waals surface area contributed by atoms with Crippen LogP contribution in [0.5, 0.6) is 0 Å². The number of rotatable bonds is 9. The van der Waals surface area contributed by atoms with Crippen molar-refractivity contribution >= 4 is 50.7 Å². The summed E-state index contributed by atoms with van der Waals surface area (Å²) >= 11 is 12.3. The number of carbonyl (C=O) groups is 2. The molecular weight excluding hydrogens is 521 g/mol. The highest BCUT2D eigenvalue weighted by Gasteiger charge is 2.31. The molecule has 1 aliphatic carbocycles. The van der Waals surface area contributed by atoms with E-state index in [9.17, 15) is 18.0 Å². The minimum absolute atomic E-state index is 0.0880. The van der Waals surface area contributed by atoms with Crippen molar-refractivity contribution in [2.24, 2.45) is 0 Å². The van der Waals surface area contributed by atoms with Crippen LogP contribution in [0.3, 0.4) is 0 Å². The van der Waals surface area contributed by atoms with Crippen LogP contribution in [0.1, 0.15) is 50.2 Å². The molecule has 0 aliphatic heterocycles. The van der Waals surface area contributed by atoms with Gasteiger partial charge >= 0.3 is 0 Å². The van der Waals surface area contributed by atoms with Crippen molar-refractivity contribution in [3.8, 4) is 0 Å². The topological polar surface area (TPSA) is 86.8 Å². The summed E-state index contributed by atoms with van der Waals surface area (Å²) in [5.41, 5.74) is 2.01. The predicted octanol–water partition coefficient (Wildman–Crippen LogP) is 4.93. The quantitative estimate of drug-likeness (QED) is 0.476. The van der Waals surface area contributed by atoms with Gasteiger partial charge in [0.2, 0.25) is 21.8 Å². The zero-order valence-electron chi connectivity index (χ0n) is 20.8. The summed E-state index contributed by atoms with van der Waals surface area (Å²) in [6, 6.07) is 11.3. The van der Waals surface area contributed by atoms with Crippen LogP contribution in [0.15, 0.2) is 42.5 Å². The maximum atomic E-state index is 13.6. The summed E-state index contributed by atoms with van der Waals surface area (Å²) in [5, 5.41) is 3.53. The van der Waals surface area contributed by atoms with Gasteiger partial charge in [-0.05, 0) is 50.5 Å². The van der Waals surface area contributed by atoms with E-state index in [-0.39, 0.29) is 29.2 Å². The minimum Gasteiger partial charge on any atom is -0.352 e. The Labute approximate surface area is 223 Å². The molecule has 0 bridgehead atoms. The first-order valence-electron chi connectivity index (χ1n) is 12.0. The monoisotopic (exact) mass is 553 g/mol. The van der Waals surface area contributed by atoms with Gasteiger partial charge in [-0.15, -0.1) is 0 Å². The second-order valence-corrected chi connectivity index (χ2v) is 12.1. The van der Waals surface area contributed by atoms with Crippen LogP contribution in [-0.4, -0.2) is 50.0 Å². The molecule has 1 saturated carbocycles. The normalized spacial score (nSPS) is 15.2. The van der Waals surface area contributed by atoms with Gasteiger partial charge in [-0.3, -0.25) is 13.9 Å². The summed E-state index contributed by atoms with van der Waals surface area (Å²) in [6.45, 7) is 3.27. The first kappa shape index (κ1) is 28.3. The van der Waals surface area contributed by atoms with Gasteiger partial charge < -0.3 is 10.2 Å². The number of benzene rings is 2. The standard InChI is InChI=1S/C26H33Cl2N3O4S/c1-18-8-7-9-20(14-18)16-30(19(2)26(33)29-22-10-5-4-6-11-22)25(32)17-31(36(3,34)35)24-13-12-21(27)15-23(24)28/h7-9,12-15,19,22H,4-6,10-11,16-17H2,1-3H3,(H,29,33)/t19-/m0/s1. The molecule has 0 heterocycles. The lowest BCUT2D eigenvalue weighted by Gasteiger charge is -2.33. The van der Waals surface area contributed by atoms with Crippen LogP contribution in [0.25, 0.3) is 0 Å². The number of halogens is 2. The number of sulfonamides is 1. The van der Waals surface area contributed by atoms with Gasteiger partial charge in [-0.2, -0.15) is 0 Å². The molecule has 0 saturated heterocycles. The van der Waals surface area contributed by atoms with Crippen molar-refractivity contribution in [3.63, 3.8) is 0 Å². The van der Waals surface area contributed by atoms with Gasteiger partial charge in [0.15, 0.2) is 0 Å². The highest BCUT2D eigenvalue weighted by atomic mass is 35.5. The molecule has 7 nitrogen and oxygen atoms in total. The van der Waals surface area contributed by atoms with E-state index in [1.54, 1.807) is 6.92 Å². The van der Waals surface area contributed by atoms with E-state index in [1.807, 2.05) is 31.2 Å². The van der Waals surface area contributed by atoms with Gasteiger partial charge in [0, 0.05) is 17.6 Å². The molecule has 1 atom stereocenters. The maximum absolute atomic E-state index is 13.6. The van der Waals surface area contributed by atoms with Crippen molar-refractivity contribution in [1.82, 2.24) is 10.2 Å². The van der Waals surface area contributed by atoms with Gasteiger partial charge in [-0.1, -0.05) is 72.3 Å². The number of nitrogens with zero attached hydrogens (tertiary/aromatic N) is 2. The van der Waals surface area contributed by atoms with Crippen molar-refractivity contribution in [2.75, 3.05) is 17.1 Å². The Kier molecular flexibility index (Phi) is 9.66. The van der Waals surface area contributed by atoms with Crippen LogP contribution >= 0.6 is 23.2 Å². The fraction of sp³-hybridized carbons (Fsp3) is 0.462. The SMILES string of the molecule is Cc1cccc(CN(C(=O)CN(c2ccc(Cl)cc2Cl)S(C)(=O)=O)[C@@H](C)C(=O)NC2CCCCC2)c1. The molecule has 3 rings (SSSR count). The van der Waals surface area contributed by atoms with E-state index >= 15 is 0 Å². The lowest BCUT2D eigenvalue weighted by Crippen LogP contribution is -2.53. The second-order valence-electron chi connectivity index (χ2n) is 9.40. The molecule has 2 amide bonds. The third-order valence-corrected chi connectivity index (χ3v) is 8.08. The Hall–Kier alpha value is -2.29. The molecule has 10 heteroatoms. The van der Waals surface area contributed by atoms with E-state index in [0.29, 0.717) is 5.02 Å². The van der Waals surface area contributed by atoms with E-state index in [0.717, 1.165) is 53.8 Å². The number of aryl methyl sites for hydroxylation is 1. The minimum atomic E-state index is -3.87. The van der Waals surface area contributed by atoms with E-state index in [2.05, 4.69) is 5.32 Å². The fourth-order valence-electron chi connectivity index (χ4n) is 4.44. The van der Waals surface area contributed by atoms with Crippen molar-refractivity contribution < 1.29 is 18.0 Å². The number of anilines is 1. The molecule has 36 heavy (non-hydrogen) atoms. The van der Waals surface area contributed by atoms with E-state index < -0.39 is 28.5 Å². The smallest absolute Gasteiger partial charge is 0.244 e. The maximum Gasteiger partial charge on any atom is 0.244 e. The Morgan fingerprint density at radius 3 is 2.39 bits per heavy atom. The molecule has 1 aliphatic rings. The highest BCUT2D eigenvalue weighted by Crippen LogP contribution is 2.30. The molecule has 196 valence electrons. The van der Waals surface area contributed by atoms with Crippen molar-refractivity contribution in [1.29, 1.82) is 0 Å². The molecular formula is C26H33Cl2N3O4S. The van der Waals surface area contributed by atoms with Gasteiger partial charge in [-0.25, -0.2) is 8.42 Å². The van der Waals surface area contributed by atoms with Crippen molar-refractivity contribution in [3.05, 3.63) is 63.6 Å². The number of nitrogens with one attached hydrogen (secondary N) is 1. The summed E-state index contributed by atoms with van der Waals surface area (Å²) in [6.07, 6.45) is 6.14. The third-order valence-electron chi connectivity index (χ3n) is 6.41. The Morgan fingerprint density at radius 2 is 1.78 bits per heavy atom.